The van der Waals surface area contributed by atoms with Crippen molar-refractivity contribution in [3.63, 3.8) is 0 Å². The predicted octanol–water partition coefficient (Wildman–Crippen LogP) is -2.00. The summed E-state index contributed by atoms with van der Waals surface area (Å²) in [5.41, 5.74) is 0. The van der Waals surface area contributed by atoms with Gasteiger partial charge in [0.05, 0.1) is 0 Å². The van der Waals surface area contributed by atoms with Crippen LogP contribution in [-0.2, 0) is 19.1 Å². The Kier molecular flexibility index (Phi) is 4.95. The van der Waals surface area contributed by atoms with E-state index in [0.29, 0.717) is 7.69 Å². The molecule has 0 amide bonds. The molecule has 0 saturated heterocycles. The first-order valence-electron chi connectivity index (χ1n) is 2.30. The summed E-state index contributed by atoms with van der Waals surface area (Å²) < 4.78 is 4.06. The maximum absolute atomic E-state index is 9.97. The van der Waals surface area contributed by atoms with Gasteiger partial charge in [0.25, 0.3) is 5.97 Å². The lowest BCUT2D eigenvalue weighted by Gasteiger charge is -2.11. The Morgan fingerprint density at radius 3 is 2.60 bits per heavy atom. The van der Waals surface area contributed by atoms with Gasteiger partial charge in [0.15, 0.2) is 0 Å². The first kappa shape index (κ1) is 9.44. The Morgan fingerprint density at radius 2 is 2.20 bits per heavy atom. The van der Waals surface area contributed by atoms with Crippen LogP contribution < -0.4 is 0 Å². The second-order valence-corrected chi connectivity index (χ2v) is 1.22. The van der Waals surface area contributed by atoms with Gasteiger partial charge in [0.2, 0.25) is 0 Å². The number of carbonyl (C=O) groups excluding carboxylic acids is 1. The lowest BCUT2D eigenvalue weighted by atomic mass is 10.3. The van der Waals surface area contributed by atoms with Crippen LogP contribution in [-0.4, -0.2) is 31.0 Å². The number of carbonyl (C=O) groups is 1. The average Bonchev–Trinajstić information content (AvgIpc) is 1.79. The second-order valence-electron chi connectivity index (χ2n) is 1.22. The topological polar surface area (TPSA) is 85.2 Å². The molecule has 56 valence electrons. The summed E-state index contributed by atoms with van der Waals surface area (Å²) >= 11 is 0. The average molecular weight is 147 g/mol. The van der Waals surface area contributed by atoms with Crippen molar-refractivity contribution in [2.45, 2.75) is 6.92 Å². The van der Waals surface area contributed by atoms with Crippen molar-refractivity contribution in [1.82, 2.24) is 0 Å². The van der Waals surface area contributed by atoms with E-state index in [-0.39, 0.29) is 0 Å². The van der Waals surface area contributed by atoms with Gasteiger partial charge in [0.1, 0.15) is 0 Å². The highest BCUT2D eigenvalue weighted by Crippen LogP contribution is 1.79. The van der Waals surface area contributed by atoms with Crippen molar-refractivity contribution in [3.8, 4) is 0 Å². The number of hydrogen-bond acceptors (Lipinski definition) is 6. The zero-order chi connectivity index (χ0) is 7.98. The van der Waals surface area contributed by atoms with E-state index < -0.39 is 13.3 Å². The van der Waals surface area contributed by atoms with E-state index in [2.05, 4.69) is 14.3 Å². The lowest BCUT2D eigenvalue weighted by molar-refractivity contribution is -0.159. The molecular formula is C2H5B2O6-. The standard InChI is InChI=1S/C2H5B2O6/c1-2(5)8-3-9-10-4(6)7/h6-7H,1H3/q-1. The van der Waals surface area contributed by atoms with Crippen LogP contribution in [0, 0.1) is 0 Å². The molecule has 0 unspecified atom stereocenters. The smallest absolute Gasteiger partial charge is 0.580 e. The molecule has 10 heavy (non-hydrogen) atoms. The zero-order valence-electron chi connectivity index (χ0n) is 5.18. The highest BCUT2D eigenvalue weighted by Gasteiger charge is 1.98. The second kappa shape index (κ2) is 5.24. The molecule has 0 fully saturated rings. The molecule has 0 aliphatic heterocycles. The molecule has 0 atom stereocenters. The van der Waals surface area contributed by atoms with Gasteiger partial charge in [0, 0.05) is 6.92 Å². The van der Waals surface area contributed by atoms with Gasteiger partial charge < -0.3 is 19.5 Å². The Hall–Kier alpha value is -0.560. The maximum atomic E-state index is 9.97. The van der Waals surface area contributed by atoms with Crippen LogP contribution in [0.2, 0.25) is 0 Å². The van der Waals surface area contributed by atoms with Gasteiger partial charge in [-0.25, -0.2) is 0 Å². The van der Waals surface area contributed by atoms with Crippen LogP contribution in [0.1, 0.15) is 6.92 Å². The van der Waals surface area contributed by atoms with E-state index in [9.17, 15) is 4.79 Å². The third kappa shape index (κ3) is 7.44. The number of hydrogen-bond donors (Lipinski definition) is 2. The molecule has 0 bridgehead atoms. The lowest BCUT2D eigenvalue weighted by Crippen LogP contribution is -2.20. The molecule has 0 aromatic rings. The molecule has 0 spiro atoms. The summed E-state index contributed by atoms with van der Waals surface area (Å²) in [5, 5.41) is 15.9. The fraction of sp³-hybridized carbons (Fsp3) is 0.500. The molecule has 6 nitrogen and oxygen atoms in total. The maximum Gasteiger partial charge on any atom is 0.600 e. The summed E-state index contributed by atoms with van der Waals surface area (Å²) in [7, 11) is -1.52. The highest BCUT2D eigenvalue weighted by molar-refractivity contribution is 6.33. The minimum atomic E-state index is -2.05. The Morgan fingerprint density at radius 1 is 1.60 bits per heavy atom. The molecule has 2 N–H and O–H groups in total. The van der Waals surface area contributed by atoms with Crippen LogP contribution in [0.3, 0.4) is 0 Å². The molecule has 8 heteroatoms. The van der Waals surface area contributed by atoms with Gasteiger partial charge in [-0.3, -0.25) is 9.60 Å². The van der Waals surface area contributed by atoms with Crippen molar-refractivity contribution in [1.29, 1.82) is 0 Å². The normalized spacial score (nSPS) is 9.60. The van der Waals surface area contributed by atoms with Gasteiger partial charge in [-0.1, -0.05) is 0 Å². The summed E-state index contributed by atoms with van der Waals surface area (Å²) in [6.45, 7) is 1.15. The largest absolute Gasteiger partial charge is 0.600 e. The minimum absolute atomic E-state index is 0.530. The highest BCUT2D eigenvalue weighted by atomic mass is 17.2. The van der Waals surface area contributed by atoms with Crippen LogP contribution in [0.15, 0.2) is 0 Å². The van der Waals surface area contributed by atoms with Crippen LogP contribution >= 0.6 is 0 Å². The number of rotatable bonds is 4. The van der Waals surface area contributed by atoms with Crippen LogP contribution in [0.4, 0.5) is 0 Å². The van der Waals surface area contributed by atoms with Crippen molar-refractivity contribution < 1.29 is 29.1 Å². The van der Waals surface area contributed by atoms with Gasteiger partial charge >= 0.3 is 15.0 Å². The quantitative estimate of drug-likeness (QED) is 0.207. The molecule has 2 radical (unpaired) electrons. The third-order valence-corrected chi connectivity index (χ3v) is 0.395. The molecule has 0 heterocycles. The molecule has 0 saturated carbocycles. The van der Waals surface area contributed by atoms with E-state index in [1.807, 2.05) is 0 Å². The van der Waals surface area contributed by atoms with Crippen molar-refractivity contribution in [2.24, 2.45) is 0 Å². The summed E-state index contributed by atoms with van der Waals surface area (Å²) in [6, 6.07) is 0. The van der Waals surface area contributed by atoms with Gasteiger partial charge in [-0.15, -0.1) is 0 Å². The zero-order valence-corrected chi connectivity index (χ0v) is 5.18. The molecular weight excluding hydrogens is 142 g/mol. The Balaban J connectivity index is 2.98. The van der Waals surface area contributed by atoms with Crippen LogP contribution in [0.5, 0.6) is 0 Å². The summed E-state index contributed by atoms with van der Waals surface area (Å²) in [6.07, 6.45) is 0. The summed E-state index contributed by atoms with van der Waals surface area (Å²) in [4.78, 5) is 17.5. The first-order valence-corrected chi connectivity index (χ1v) is 2.30. The molecule has 0 aromatic heterocycles. The van der Waals surface area contributed by atoms with Crippen molar-refractivity contribution in [2.75, 3.05) is 0 Å². The molecule has 0 rings (SSSR count). The SMILES string of the molecule is CC(=O)O[B]OO[B-](O)O. The fourth-order valence-electron chi connectivity index (χ4n) is 0.160. The van der Waals surface area contributed by atoms with E-state index in [4.69, 9.17) is 10.0 Å². The van der Waals surface area contributed by atoms with E-state index in [1.54, 1.807) is 0 Å². The Bertz CT molecular complexity index is 104. The molecule has 0 aromatic carbocycles. The first-order chi connectivity index (χ1) is 4.63. The monoisotopic (exact) mass is 147 g/mol. The van der Waals surface area contributed by atoms with E-state index in [0.717, 1.165) is 6.92 Å². The molecule has 0 aliphatic rings. The van der Waals surface area contributed by atoms with E-state index in [1.165, 1.54) is 0 Å². The van der Waals surface area contributed by atoms with E-state index >= 15 is 0 Å². The van der Waals surface area contributed by atoms with Crippen molar-refractivity contribution >= 4 is 21.0 Å². The van der Waals surface area contributed by atoms with Gasteiger partial charge in [-0.05, 0) is 0 Å². The fourth-order valence-corrected chi connectivity index (χ4v) is 0.160. The third-order valence-electron chi connectivity index (χ3n) is 0.395. The summed E-state index contributed by atoms with van der Waals surface area (Å²) in [5.74, 6) is -0.601. The van der Waals surface area contributed by atoms with Crippen molar-refractivity contribution in [3.05, 3.63) is 0 Å². The predicted molar refractivity (Wildman–Crippen MR) is 29.9 cm³/mol. The van der Waals surface area contributed by atoms with Gasteiger partial charge in [-0.2, -0.15) is 0 Å². The molecule has 0 aliphatic carbocycles. The Labute approximate surface area is 58.1 Å². The van der Waals surface area contributed by atoms with Crippen LogP contribution in [0.25, 0.3) is 0 Å². The minimum Gasteiger partial charge on any atom is -0.580 e.